The van der Waals surface area contributed by atoms with Gasteiger partial charge in [-0.05, 0) is 30.2 Å². The van der Waals surface area contributed by atoms with Gasteiger partial charge in [0, 0.05) is 0 Å². The Kier molecular flexibility index (Phi) is 8.85. The van der Waals surface area contributed by atoms with Crippen LogP contribution in [0, 0.1) is 0 Å². The van der Waals surface area contributed by atoms with E-state index in [4.69, 9.17) is 14.6 Å². The highest BCUT2D eigenvalue weighted by molar-refractivity contribution is 5.83. The SMILES string of the molecule is CCOC(=O)N[C@@H](CC(=O)N/N=C\c1cccc(OCC(=O)O)c1)c1ccccc1. The van der Waals surface area contributed by atoms with Gasteiger partial charge >= 0.3 is 12.1 Å². The summed E-state index contributed by atoms with van der Waals surface area (Å²) in [6, 6.07) is 15.1. The number of ether oxygens (including phenoxy) is 2. The van der Waals surface area contributed by atoms with Gasteiger partial charge < -0.3 is 19.9 Å². The number of amides is 2. The van der Waals surface area contributed by atoms with Gasteiger partial charge in [-0.1, -0.05) is 42.5 Å². The smallest absolute Gasteiger partial charge is 0.407 e. The quantitative estimate of drug-likeness (QED) is 0.406. The third-order valence-electron chi connectivity index (χ3n) is 3.78. The third kappa shape index (κ3) is 8.01. The molecule has 0 aromatic heterocycles. The maximum Gasteiger partial charge on any atom is 0.407 e. The molecule has 30 heavy (non-hydrogen) atoms. The highest BCUT2D eigenvalue weighted by Gasteiger charge is 2.18. The molecule has 0 saturated carbocycles. The summed E-state index contributed by atoms with van der Waals surface area (Å²) >= 11 is 0. The minimum atomic E-state index is -1.08. The summed E-state index contributed by atoms with van der Waals surface area (Å²) < 4.78 is 9.99. The van der Waals surface area contributed by atoms with Crippen LogP contribution in [-0.2, 0) is 14.3 Å². The zero-order chi connectivity index (χ0) is 21.8. The fourth-order valence-electron chi connectivity index (χ4n) is 2.49. The lowest BCUT2D eigenvalue weighted by molar-refractivity contribution is -0.139. The van der Waals surface area contributed by atoms with Crippen LogP contribution < -0.4 is 15.5 Å². The summed E-state index contributed by atoms with van der Waals surface area (Å²) in [5.41, 5.74) is 3.78. The van der Waals surface area contributed by atoms with Crippen molar-refractivity contribution >= 4 is 24.2 Å². The van der Waals surface area contributed by atoms with E-state index in [2.05, 4.69) is 15.8 Å². The molecule has 0 spiro atoms. The minimum Gasteiger partial charge on any atom is -0.482 e. The van der Waals surface area contributed by atoms with Crippen LogP contribution >= 0.6 is 0 Å². The molecule has 158 valence electrons. The number of benzene rings is 2. The fraction of sp³-hybridized carbons (Fsp3) is 0.238. The predicted octanol–water partition coefficient (Wildman–Crippen LogP) is 2.48. The Bertz CT molecular complexity index is 885. The maximum absolute atomic E-state index is 12.3. The number of carboxylic acid groups (broad SMARTS) is 1. The minimum absolute atomic E-state index is 0.0398. The second-order valence-corrected chi connectivity index (χ2v) is 6.08. The van der Waals surface area contributed by atoms with Crippen molar-refractivity contribution in [2.24, 2.45) is 5.10 Å². The first kappa shape index (κ1) is 22.4. The molecule has 2 amide bonds. The zero-order valence-corrected chi connectivity index (χ0v) is 16.4. The molecule has 0 radical (unpaired) electrons. The molecule has 9 nitrogen and oxygen atoms in total. The van der Waals surface area contributed by atoms with E-state index >= 15 is 0 Å². The van der Waals surface area contributed by atoms with Crippen LogP contribution in [0.3, 0.4) is 0 Å². The second kappa shape index (κ2) is 11.8. The van der Waals surface area contributed by atoms with Crippen molar-refractivity contribution in [3.05, 3.63) is 65.7 Å². The highest BCUT2D eigenvalue weighted by Crippen LogP contribution is 2.17. The number of nitrogens with zero attached hydrogens (tertiary/aromatic N) is 1. The monoisotopic (exact) mass is 413 g/mol. The normalized spacial score (nSPS) is 11.5. The van der Waals surface area contributed by atoms with Crippen molar-refractivity contribution in [3.8, 4) is 5.75 Å². The van der Waals surface area contributed by atoms with Crippen molar-refractivity contribution in [1.82, 2.24) is 10.7 Å². The van der Waals surface area contributed by atoms with Gasteiger partial charge in [0.1, 0.15) is 5.75 Å². The molecule has 2 aromatic rings. The Hall–Kier alpha value is -3.88. The molecular formula is C21H23N3O6. The molecule has 0 aliphatic carbocycles. The zero-order valence-electron chi connectivity index (χ0n) is 16.4. The van der Waals surface area contributed by atoms with E-state index < -0.39 is 30.6 Å². The number of nitrogens with one attached hydrogen (secondary N) is 2. The summed E-state index contributed by atoms with van der Waals surface area (Å²) in [6.07, 6.45) is 0.754. The van der Waals surface area contributed by atoms with Gasteiger partial charge in [0.15, 0.2) is 6.61 Å². The lowest BCUT2D eigenvalue weighted by Crippen LogP contribution is -2.33. The summed E-state index contributed by atoms with van der Waals surface area (Å²) in [5.74, 6) is -1.11. The molecule has 0 unspecified atom stereocenters. The Morgan fingerprint density at radius 3 is 2.60 bits per heavy atom. The van der Waals surface area contributed by atoms with Crippen LogP contribution in [0.5, 0.6) is 5.75 Å². The van der Waals surface area contributed by atoms with Gasteiger partial charge in [0.2, 0.25) is 5.91 Å². The Labute approximate surface area is 173 Å². The number of hydrazone groups is 1. The molecule has 9 heteroatoms. The first-order valence-electron chi connectivity index (χ1n) is 9.22. The molecule has 0 heterocycles. The first-order valence-corrected chi connectivity index (χ1v) is 9.22. The Balaban J connectivity index is 1.95. The van der Waals surface area contributed by atoms with Gasteiger partial charge in [0.25, 0.3) is 0 Å². The average Bonchev–Trinajstić information content (AvgIpc) is 2.73. The lowest BCUT2D eigenvalue weighted by Gasteiger charge is -2.18. The molecular weight excluding hydrogens is 390 g/mol. The van der Waals surface area contributed by atoms with Crippen molar-refractivity contribution < 1.29 is 29.0 Å². The molecule has 2 rings (SSSR count). The van der Waals surface area contributed by atoms with E-state index in [1.165, 1.54) is 6.21 Å². The predicted molar refractivity (Wildman–Crippen MR) is 109 cm³/mol. The summed E-state index contributed by atoms with van der Waals surface area (Å²) in [4.78, 5) is 34.7. The number of rotatable bonds is 10. The molecule has 0 aliphatic heterocycles. The molecule has 0 saturated heterocycles. The van der Waals surface area contributed by atoms with Crippen LogP contribution in [0.1, 0.15) is 30.5 Å². The second-order valence-electron chi connectivity index (χ2n) is 6.08. The number of hydrogen-bond acceptors (Lipinski definition) is 6. The van der Waals surface area contributed by atoms with Gasteiger partial charge in [-0.2, -0.15) is 5.10 Å². The van der Waals surface area contributed by atoms with Crippen LogP contribution in [0.4, 0.5) is 4.79 Å². The van der Waals surface area contributed by atoms with Crippen LogP contribution in [0.15, 0.2) is 59.7 Å². The van der Waals surface area contributed by atoms with Gasteiger partial charge in [-0.25, -0.2) is 15.0 Å². The average molecular weight is 413 g/mol. The van der Waals surface area contributed by atoms with Gasteiger partial charge in [-0.3, -0.25) is 4.79 Å². The lowest BCUT2D eigenvalue weighted by atomic mass is 10.0. The van der Waals surface area contributed by atoms with Crippen LogP contribution in [0.25, 0.3) is 0 Å². The molecule has 0 fully saturated rings. The van der Waals surface area contributed by atoms with Gasteiger partial charge in [0.05, 0.1) is 25.3 Å². The van der Waals surface area contributed by atoms with Crippen molar-refractivity contribution in [1.29, 1.82) is 0 Å². The topological polar surface area (TPSA) is 126 Å². The van der Waals surface area contributed by atoms with E-state index in [0.717, 1.165) is 5.56 Å². The molecule has 0 aliphatic rings. The molecule has 3 N–H and O–H groups in total. The Morgan fingerprint density at radius 2 is 1.90 bits per heavy atom. The van der Waals surface area contributed by atoms with Crippen LogP contribution in [-0.4, -0.2) is 42.5 Å². The third-order valence-corrected chi connectivity index (χ3v) is 3.78. The number of carbonyl (C=O) groups is 3. The van der Waals surface area contributed by atoms with E-state index in [1.807, 2.05) is 18.2 Å². The van der Waals surface area contributed by atoms with E-state index in [-0.39, 0.29) is 13.0 Å². The summed E-state index contributed by atoms with van der Waals surface area (Å²) in [6.45, 7) is 1.46. The standard InChI is InChI=1S/C21H23N3O6/c1-2-29-21(28)23-18(16-8-4-3-5-9-16)12-19(25)24-22-13-15-7-6-10-17(11-15)30-14-20(26)27/h3-11,13,18H,2,12,14H2,1H3,(H,23,28)(H,24,25)(H,26,27)/b22-13-/t18-/m0/s1. The fourth-order valence-corrected chi connectivity index (χ4v) is 2.49. The largest absolute Gasteiger partial charge is 0.482 e. The van der Waals surface area contributed by atoms with Crippen molar-refractivity contribution in [2.75, 3.05) is 13.2 Å². The van der Waals surface area contributed by atoms with E-state index in [0.29, 0.717) is 11.3 Å². The van der Waals surface area contributed by atoms with Crippen LogP contribution in [0.2, 0.25) is 0 Å². The van der Waals surface area contributed by atoms with Crippen molar-refractivity contribution in [2.45, 2.75) is 19.4 Å². The first-order chi connectivity index (χ1) is 14.5. The van der Waals surface area contributed by atoms with E-state index in [9.17, 15) is 14.4 Å². The Morgan fingerprint density at radius 1 is 1.13 bits per heavy atom. The summed E-state index contributed by atoms with van der Waals surface area (Å²) in [7, 11) is 0. The molecule has 2 aromatic carbocycles. The number of hydrogen-bond donors (Lipinski definition) is 3. The van der Waals surface area contributed by atoms with E-state index in [1.54, 1.807) is 43.3 Å². The van der Waals surface area contributed by atoms with Gasteiger partial charge in [-0.15, -0.1) is 0 Å². The highest BCUT2D eigenvalue weighted by atomic mass is 16.5. The molecule has 1 atom stereocenters. The number of aliphatic carboxylic acids is 1. The van der Waals surface area contributed by atoms with Crippen molar-refractivity contribution in [3.63, 3.8) is 0 Å². The number of carbonyl (C=O) groups excluding carboxylic acids is 2. The number of carboxylic acids is 1. The maximum atomic E-state index is 12.3. The number of alkyl carbamates (subject to hydrolysis) is 1. The summed E-state index contributed by atoms with van der Waals surface area (Å²) in [5, 5.41) is 15.2. The molecule has 0 bridgehead atoms.